The van der Waals surface area contributed by atoms with Crippen LogP contribution in [-0.4, -0.2) is 28.1 Å². The predicted octanol–water partition coefficient (Wildman–Crippen LogP) is 2.09. The lowest BCUT2D eigenvalue weighted by atomic mass is 10.1. The largest absolute Gasteiger partial charge is 0.375 e. The molecule has 0 bridgehead atoms. The molecule has 1 saturated carbocycles. The van der Waals surface area contributed by atoms with E-state index >= 15 is 0 Å². The van der Waals surface area contributed by atoms with Gasteiger partial charge in [-0.25, -0.2) is 4.68 Å². The van der Waals surface area contributed by atoms with Crippen LogP contribution in [0, 0.1) is 5.92 Å². The van der Waals surface area contributed by atoms with Gasteiger partial charge in [0.2, 0.25) is 0 Å². The van der Waals surface area contributed by atoms with Gasteiger partial charge in [-0.05, 0) is 24.3 Å². The van der Waals surface area contributed by atoms with Crippen LogP contribution in [0.2, 0.25) is 0 Å². The van der Waals surface area contributed by atoms with E-state index in [9.17, 15) is 0 Å². The first-order valence-corrected chi connectivity index (χ1v) is 8.17. The van der Waals surface area contributed by atoms with Gasteiger partial charge in [0.05, 0.1) is 24.9 Å². The molecule has 0 spiro atoms. The first-order valence-electron chi connectivity index (χ1n) is 8.17. The molecule has 2 aromatic rings. The van der Waals surface area contributed by atoms with Crippen LogP contribution in [-0.2, 0) is 24.3 Å². The van der Waals surface area contributed by atoms with Gasteiger partial charge >= 0.3 is 0 Å². The molecule has 116 valence electrons. The van der Waals surface area contributed by atoms with E-state index in [0.29, 0.717) is 13.2 Å². The summed E-state index contributed by atoms with van der Waals surface area (Å²) in [6.07, 6.45) is 3.71. The van der Waals surface area contributed by atoms with Gasteiger partial charge in [-0.15, -0.1) is 5.10 Å². The molecule has 0 unspecified atom stereocenters. The second-order valence-corrected chi connectivity index (χ2v) is 6.30. The molecule has 1 fully saturated rings. The van der Waals surface area contributed by atoms with Crippen molar-refractivity contribution in [2.45, 2.75) is 38.5 Å². The number of hydrogen-bond donors (Lipinski definition) is 1. The first-order chi connectivity index (χ1) is 10.9. The maximum atomic E-state index is 5.88. The molecule has 1 atom stereocenters. The first kappa shape index (κ1) is 13.9. The number of ether oxygens (including phenoxy) is 1. The Balaban J connectivity index is 1.38. The number of aromatic nitrogens is 3. The quantitative estimate of drug-likeness (QED) is 0.887. The van der Waals surface area contributed by atoms with Crippen LogP contribution in [0.1, 0.15) is 35.8 Å². The molecule has 0 saturated heterocycles. The maximum absolute atomic E-state index is 5.88. The van der Waals surface area contributed by atoms with E-state index in [1.165, 1.54) is 24.1 Å². The molecule has 2 aliphatic rings. The van der Waals surface area contributed by atoms with Crippen molar-refractivity contribution in [2.24, 2.45) is 5.92 Å². The van der Waals surface area contributed by atoms with E-state index in [1.807, 2.05) is 18.2 Å². The monoisotopic (exact) mass is 298 g/mol. The Morgan fingerprint density at radius 1 is 1.23 bits per heavy atom. The molecular weight excluding hydrogens is 276 g/mol. The minimum absolute atomic E-state index is 0.167. The predicted molar refractivity (Wildman–Crippen MR) is 83.3 cm³/mol. The van der Waals surface area contributed by atoms with Gasteiger partial charge in [0.15, 0.2) is 0 Å². The lowest BCUT2D eigenvalue weighted by Crippen LogP contribution is -2.33. The van der Waals surface area contributed by atoms with Crippen LogP contribution in [0.5, 0.6) is 0 Å². The fraction of sp³-hybridized carbons (Fsp3) is 0.529. The molecule has 1 aromatic carbocycles. The van der Waals surface area contributed by atoms with Crippen LogP contribution < -0.4 is 5.32 Å². The van der Waals surface area contributed by atoms with Crippen molar-refractivity contribution < 1.29 is 4.74 Å². The van der Waals surface area contributed by atoms with Crippen LogP contribution in [0.25, 0.3) is 0 Å². The van der Waals surface area contributed by atoms with Crippen LogP contribution in [0.3, 0.4) is 0 Å². The average Bonchev–Trinajstić information content (AvgIpc) is 3.28. The Bertz CT molecular complexity index is 621. The highest BCUT2D eigenvalue weighted by Crippen LogP contribution is 2.31. The van der Waals surface area contributed by atoms with Crippen molar-refractivity contribution in [3.8, 4) is 0 Å². The van der Waals surface area contributed by atoms with Crippen molar-refractivity contribution in [1.29, 1.82) is 0 Å². The number of fused-ring (bicyclic) bond motifs is 1. The van der Waals surface area contributed by atoms with E-state index < -0.39 is 0 Å². The highest BCUT2D eigenvalue weighted by Gasteiger charge is 2.29. The molecule has 1 N–H and O–H groups in total. The number of rotatable bonds is 6. The SMILES string of the molecule is c1ccc(COC[C@H]2NCCc3c2nnn3CC2CC2)cc1. The van der Waals surface area contributed by atoms with Crippen molar-refractivity contribution in [3.63, 3.8) is 0 Å². The summed E-state index contributed by atoms with van der Waals surface area (Å²) < 4.78 is 8.00. The second-order valence-electron chi connectivity index (χ2n) is 6.30. The number of nitrogens with zero attached hydrogens (tertiary/aromatic N) is 3. The van der Waals surface area contributed by atoms with E-state index in [1.54, 1.807) is 0 Å². The van der Waals surface area contributed by atoms with Crippen LogP contribution in [0.4, 0.5) is 0 Å². The fourth-order valence-electron chi connectivity index (χ4n) is 3.03. The third kappa shape index (κ3) is 3.05. The molecule has 5 nitrogen and oxygen atoms in total. The maximum Gasteiger partial charge on any atom is 0.105 e. The lowest BCUT2D eigenvalue weighted by molar-refractivity contribution is 0.0957. The molecule has 0 amide bonds. The normalized spacial score (nSPS) is 20.8. The Morgan fingerprint density at radius 2 is 2.09 bits per heavy atom. The van der Waals surface area contributed by atoms with Gasteiger partial charge < -0.3 is 10.1 Å². The van der Waals surface area contributed by atoms with E-state index in [0.717, 1.165) is 31.1 Å². The third-order valence-corrected chi connectivity index (χ3v) is 4.47. The van der Waals surface area contributed by atoms with Crippen molar-refractivity contribution in [1.82, 2.24) is 20.3 Å². The van der Waals surface area contributed by atoms with Crippen LogP contribution in [0.15, 0.2) is 30.3 Å². The zero-order valence-corrected chi connectivity index (χ0v) is 12.7. The van der Waals surface area contributed by atoms with E-state index in [2.05, 4.69) is 32.4 Å². The number of benzene rings is 1. The summed E-state index contributed by atoms with van der Waals surface area (Å²) in [5.74, 6) is 0.827. The van der Waals surface area contributed by atoms with Gasteiger partial charge in [0, 0.05) is 19.5 Å². The van der Waals surface area contributed by atoms with Gasteiger partial charge in [0.1, 0.15) is 5.69 Å². The zero-order valence-electron chi connectivity index (χ0n) is 12.7. The molecule has 1 aliphatic carbocycles. The van der Waals surface area contributed by atoms with Crippen LogP contribution >= 0.6 is 0 Å². The molecular formula is C17H22N4O. The summed E-state index contributed by atoms with van der Waals surface area (Å²) in [7, 11) is 0. The topological polar surface area (TPSA) is 52.0 Å². The number of nitrogens with one attached hydrogen (secondary N) is 1. The summed E-state index contributed by atoms with van der Waals surface area (Å²) in [5, 5.41) is 12.3. The van der Waals surface area contributed by atoms with E-state index in [-0.39, 0.29) is 6.04 Å². The smallest absolute Gasteiger partial charge is 0.105 e. The molecule has 1 aromatic heterocycles. The standard InChI is InChI=1S/C17H22N4O/c1-2-4-14(5-3-1)11-22-12-15-17-16(8-9-18-15)21(20-19-17)10-13-6-7-13/h1-5,13,15,18H,6-12H2/t15-/m1/s1. The Morgan fingerprint density at radius 3 is 2.91 bits per heavy atom. The third-order valence-electron chi connectivity index (χ3n) is 4.47. The summed E-state index contributed by atoms with van der Waals surface area (Å²) in [6.45, 7) is 3.30. The van der Waals surface area contributed by atoms with Gasteiger partial charge in [-0.3, -0.25) is 0 Å². The van der Waals surface area contributed by atoms with Gasteiger partial charge in [0.25, 0.3) is 0 Å². The minimum Gasteiger partial charge on any atom is -0.375 e. The van der Waals surface area contributed by atoms with Crippen molar-refractivity contribution in [2.75, 3.05) is 13.2 Å². The average molecular weight is 298 g/mol. The summed E-state index contributed by atoms with van der Waals surface area (Å²) >= 11 is 0. The summed E-state index contributed by atoms with van der Waals surface area (Å²) in [6, 6.07) is 10.5. The highest BCUT2D eigenvalue weighted by molar-refractivity contribution is 5.19. The molecule has 5 heteroatoms. The van der Waals surface area contributed by atoms with Crippen molar-refractivity contribution in [3.05, 3.63) is 47.3 Å². The van der Waals surface area contributed by atoms with Gasteiger partial charge in [-0.1, -0.05) is 35.5 Å². The Hall–Kier alpha value is -1.72. The highest BCUT2D eigenvalue weighted by atomic mass is 16.5. The Labute approximate surface area is 130 Å². The van der Waals surface area contributed by atoms with E-state index in [4.69, 9.17) is 4.74 Å². The summed E-state index contributed by atoms with van der Waals surface area (Å²) in [4.78, 5) is 0. The molecule has 1 aliphatic heterocycles. The zero-order chi connectivity index (χ0) is 14.8. The Kier molecular flexibility index (Phi) is 3.91. The lowest BCUT2D eigenvalue weighted by Gasteiger charge is -2.23. The molecule has 22 heavy (non-hydrogen) atoms. The minimum atomic E-state index is 0.167. The van der Waals surface area contributed by atoms with Crippen molar-refractivity contribution >= 4 is 0 Å². The number of hydrogen-bond acceptors (Lipinski definition) is 4. The molecule has 2 heterocycles. The summed E-state index contributed by atoms with van der Waals surface area (Å²) in [5.41, 5.74) is 3.59. The fourth-order valence-corrected chi connectivity index (χ4v) is 3.03. The molecule has 0 radical (unpaired) electrons. The van der Waals surface area contributed by atoms with Gasteiger partial charge in [-0.2, -0.15) is 0 Å². The second kappa shape index (κ2) is 6.18. The molecule has 4 rings (SSSR count).